The molecule has 0 radical (unpaired) electrons. The summed E-state index contributed by atoms with van der Waals surface area (Å²) in [5, 5.41) is 0. The molecule has 0 spiro atoms. The zero-order chi connectivity index (χ0) is 5.98. The van der Waals surface area contributed by atoms with E-state index >= 15 is 0 Å². The summed E-state index contributed by atoms with van der Waals surface area (Å²) in [6.45, 7) is 0. The van der Waals surface area contributed by atoms with Gasteiger partial charge in [0.1, 0.15) is 0 Å². The Bertz CT molecular complexity index is 158. The summed E-state index contributed by atoms with van der Waals surface area (Å²) in [7, 11) is 0. The van der Waals surface area contributed by atoms with Gasteiger partial charge in [0.2, 0.25) is 0 Å². The number of allylic oxidation sites excluding steroid dienone is 4. The molecule has 11 heavy (non-hydrogen) atoms. The van der Waals surface area contributed by atoms with E-state index in [1.807, 2.05) is 0 Å². The first kappa shape index (κ1) is 18.6. The van der Waals surface area contributed by atoms with Crippen LogP contribution in [0.5, 0.6) is 0 Å². The molecular formula is C6H7Na3O2. The van der Waals surface area contributed by atoms with E-state index in [-0.39, 0.29) is 100 Å². The van der Waals surface area contributed by atoms with E-state index in [1.54, 1.807) is 0 Å². The topological polar surface area (TPSA) is 34.1 Å². The standard InChI is InChI=1S/C6H4O2.3Na.3H/c7-5-1-2-6(8)4-3-5;;;;;;/h1-4H;;;;;;. The molecule has 0 atom stereocenters. The number of carbonyl (C=O) groups excluding carboxylic acids is 2. The van der Waals surface area contributed by atoms with E-state index in [0.29, 0.717) is 0 Å². The maximum absolute atomic E-state index is 10.3. The Morgan fingerprint density at radius 3 is 1.00 bits per heavy atom. The molecule has 0 aromatic rings. The molecule has 1 aliphatic carbocycles. The second kappa shape index (κ2) is 9.90. The SMILES string of the molecule is O=C1C=CC(=O)C=C1.[NaH].[NaH].[NaH]. The minimum absolute atomic E-state index is 0. The van der Waals surface area contributed by atoms with Crippen LogP contribution in [0.4, 0.5) is 0 Å². The number of rotatable bonds is 0. The fourth-order valence-corrected chi connectivity index (χ4v) is 0.440. The van der Waals surface area contributed by atoms with Crippen LogP contribution >= 0.6 is 0 Å². The first-order chi connectivity index (χ1) is 3.79. The first-order valence-corrected chi connectivity index (χ1v) is 2.23. The van der Waals surface area contributed by atoms with Crippen LogP contribution in [0.2, 0.25) is 0 Å². The summed E-state index contributed by atoms with van der Waals surface area (Å²) in [5.74, 6) is -0.241. The van der Waals surface area contributed by atoms with Crippen molar-refractivity contribution in [2.75, 3.05) is 0 Å². The van der Waals surface area contributed by atoms with Gasteiger partial charge >= 0.3 is 88.7 Å². The number of hydrogen-bond acceptors (Lipinski definition) is 2. The van der Waals surface area contributed by atoms with Crippen molar-refractivity contribution in [3.05, 3.63) is 24.3 Å². The van der Waals surface area contributed by atoms with Gasteiger partial charge in [-0.1, -0.05) is 0 Å². The van der Waals surface area contributed by atoms with Crippen LogP contribution in [0.3, 0.4) is 0 Å². The van der Waals surface area contributed by atoms with E-state index < -0.39 is 0 Å². The zero-order valence-corrected chi connectivity index (χ0v) is 4.13. The van der Waals surface area contributed by atoms with Gasteiger partial charge in [0, 0.05) is 0 Å². The van der Waals surface area contributed by atoms with E-state index in [0.717, 1.165) is 0 Å². The minimum atomic E-state index is -0.121. The molecule has 0 N–H and O–H groups in total. The quantitative estimate of drug-likeness (QED) is 0.329. The van der Waals surface area contributed by atoms with Crippen LogP contribution < -0.4 is 0 Å². The number of ketones is 2. The Labute approximate surface area is 132 Å². The summed E-state index contributed by atoms with van der Waals surface area (Å²) >= 11 is 0. The molecule has 0 unspecified atom stereocenters. The Morgan fingerprint density at radius 2 is 0.818 bits per heavy atom. The molecule has 1 rings (SSSR count). The molecule has 0 fully saturated rings. The molecular weight excluding hydrogens is 173 g/mol. The van der Waals surface area contributed by atoms with E-state index in [1.165, 1.54) is 24.3 Å². The van der Waals surface area contributed by atoms with Crippen molar-refractivity contribution in [2.45, 2.75) is 0 Å². The summed E-state index contributed by atoms with van der Waals surface area (Å²) < 4.78 is 0. The third-order valence-corrected chi connectivity index (χ3v) is 0.824. The fourth-order valence-electron chi connectivity index (χ4n) is 0.440. The molecule has 0 aliphatic heterocycles. The fraction of sp³-hybridized carbons (Fsp3) is 0. The monoisotopic (exact) mass is 180 g/mol. The number of hydrogen-bond donors (Lipinski definition) is 0. The van der Waals surface area contributed by atoms with Gasteiger partial charge in [0.05, 0.1) is 0 Å². The zero-order valence-electron chi connectivity index (χ0n) is 4.13. The van der Waals surface area contributed by atoms with Crippen molar-refractivity contribution in [3.8, 4) is 0 Å². The van der Waals surface area contributed by atoms with Crippen LogP contribution in [-0.2, 0) is 9.59 Å². The molecule has 0 heterocycles. The normalized spacial score (nSPS) is 12.7. The molecule has 0 saturated heterocycles. The second-order valence-electron chi connectivity index (χ2n) is 1.47. The predicted molar refractivity (Wildman–Crippen MR) is 49.7 cm³/mol. The summed E-state index contributed by atoms with van der Waals surface area (Å²) in [6.07, 6.45) is 5.01. The van der Waals surface area contributed by atoms with Gasteiger partial charge < -0.3 is 0 Å². The van der Waals surface area contributed by atoms with Crippen LogP contribution in [0.15, 0.2) is 24.3 Å². The molecule has 0 amide bonds. The number of carbonyl (C=O) groups is 2. The molecule has 0 bridgehead atoms. The van der Waals surface area contributed by atoms with Gasteiger partial charge in [-0.2, -0.15) is 0 Å². The Hall–Kier alpha value is 1.82. The average molecular weight is 180 g/mol. The van der Waals surface area contributed by atoms with Gasteiger partial charge in [-0.25, -0.2) is 0 Å². The van der Waals surface area contributed by atoms with Gasteiger partial charge in [-0.05, 0) is 24.3 Å². The molecule has 1 aliphatic rings. The predicted octanol–water partition coefficient (Wildman–Crippen LogP) is -1.69. The van der Waals surface area contributed by atoms with Crippen LogP contribution in [0.25, 0.3) is 0 Å². The van der Waals surface area contributed by atoms with Crippen molar-refractivity contribution in [1.29, 1.82) is 0 Å². The van der Waals surface area contributed by atoms with Crippen molar-refractivity contribution in [3.63, 3.8) is 0 Å². The van der Waals surface area contributed by atoms with Crippen molar-refractivity contribution >= 4 is 100 Å². The first-order valence-electron chi connectivity index (χ1n) is 2.23. The molecule has 2 nitrogen and oxygen atoms in total. The van der Waals surface area contributed by atoms with Crippen molar-refractivity contribution < 1.29 is 9.59 Å². The molecule has 5 heteroatoms. The molecule has 46 valence electrons. The van der Waals surface area contributed by atoms with Gasteiger partial charge in [0.15, 0.2) is 11.6 Å². The Morgan fingerprint density at radius 1 is 0.636 bits per heavy atom. The van der Waals surface area contributed by atoms with E-state index in [2.05, 4.69) is 0 Å². The average Bonchev–Trinajstić information content (AvgIpc) is 1.77. The van der Waals surface area contributed by atoms with Crippen LogP contribution in [0, 0.1) is 0 Å². The van der Waals surface area contributed by atoms with Crippen LogP contribution in [-0.4, -0.2) is 100 Å². The van der Waals surface area contributed by atoms with Gasteiger partial charge in [0.25, 0.3) is 0 Å². The van der Waals surface area contributed by atoms with E-state index in [9.17, 15) is 9.59 Å². The molecule has 0 saturated carbocycles. The summed E-state index contributed by atoms with van der Waals surface area (Å²) in [4.78, 5) is 20.6. The molecule has 0 aromatic carbocycles. The third kappa shape index (κ3) is 8.16. The maximum atomic E-state index is 10.3. The van der Waals surface area contributed by atoms with Crippen molar-refractivity contribution in [1.82, 2.24) is 0 Å². The Kier molecular flexibility index (Phi) is 16.7. The third-order valence-electron chi connectivity index (χ3n) is 0.824. The van der Waals surface area contributed by atoms with Gasteiger partial charge in [-0.15, -0.1) is 0 Å². The summed E-state index contributed by atoms with van der Waals surface area (Å²) in [6, 6.07) is 0. The van der Waals surface area contributed by atoms with Gasteiger partial charge in [-0.3, -0.25) is 9.59 Å². The van der Waals surface area contributed by atoms with E-state index in [4.69, 9.17) is 0 Å². The summed E-state index contributed by atoms with van der Waals surface area (Å²) in [5.41, 5.74) is 0. The molecule has 0 aromatic heterocycles. The Balaban J connectivity index is -0.000000213. The second-order valence-corrected chi connectivity index (χ2v) is 1.47. The van der Waals surface area contributed by atoms with Crippen LogP contribution in [0.1, 0.15) is 0 Å². The van der Waals surface area contributed by atoms with Crippen molar-refractivity contribution in [2.24, 2.45) is 0 Å².